The molecule has 0 heterocycles. The smallest absolute Gasteiger partial charge is 0.417 e. The zero-order valence-corrected chi connectivity index (χ0v) is 11.5. The molecule has 3 nitrogen and oxygen atoms in total. The molecule has 114 valence electrons. The van der Waals surface area contributed by atoms with Crippen LogP contribution in [-0.2, 0) is 6.18 Å². The Morgan fingerprint density at radius 2 is 1.90 bits per heavy atom. The first-order valence-electron chi connectivity index (χ1n) is 6.95. The van der Waals surface area contributed by atoms with Crippen LogP contribution in [0.15, 0.2) is 18.2 Å². The van der Waals surface area contributed by atoms with Crippen molar-refractivity contribution in [1.29, 1.82) is 5.26 Å². The maximum absolute atomic E-state index is 12.7. The van der Waals surface area contributed by atoms with Gasteiger partial charge in [0.1, 0.15) is 11.9 Å². The number of benzene rings is 1. The maximum atomic E-state index is 12.7. The van der Waals surface area contributed by atoms with Crippen molar-refractivity contribution < 1.29 is 17.9 Å². The van der Waals surface area contributed by atoms with E-state index in [1.807, 2.05) is 0 Å². The molecule has 2 unspecified atom stereocenters. The third-order valence-electron chi connectivity index (χ3n) is 3.71. The van der Waals surface area contributed by atoms with E-state index >= 15 is 0 Å². The van der Waals surface area contributed by atoms with Crippen molar-refractivity contribution in [3.63, 3.8) is 0 Å². The summed E-state index contributed by atoms with van der Waals surface area (Å²) < 4.78 is 43.9. The zero-order valence-electron chi connectivity index (χ0n) is 11.5. The largest absolute Gasteiger partial charge is 0.489 e. The Kier molecular flexibility index (Phi) is 4.73. The van der Waals surface area contributed by atoms with Crippen molar-refractivity contribution in [3.8, 4) is 11.8 Å². The Morgan fingerprint density at radius 3 is 2.57 bits per heavy atom. The Hall–Kier alpha value is -1.74. The number of rotatable bonds is 2. The molecule has 21 heavy (non-hydrogen) atoms. The molecule has 0 amide bonds. The first-order valence-corrected chi connectivity index (χ1v) is 6.95. The highest BCUT2D eigenvalue weighted by molar-refractivity contribution is 5.44. The van der Waals surface area contributed by atoms with E-state index in [2.05, 4.69) is 0 Å². The van der Waals surface area contributed by atoms with Gasteiger partial charge in [-0.1, -0.05) is 12.8 Å². The van der Waals surface area contributed by atoms with Crippen molar-refractivity contribution in [1.82, 2.24) is 0 Å². The third-order valence-corrected chi connectivity index (χ3v) is 3.71. The zero-order chi connectivity index (χ0) is 15.5. The molecule has 0 radical (unpaired) electrons. The van der Waals surface area contributed by atoms with Crippen LogP contribution >= 0.6 is 0 Å². The normalized spacial score (nSPS) is 23.2. The van der Waals surface area contributed by atoms with E-state index in [0.717, 1.165) is 44.2 Å². The van der Waals surface area contributed by atoms with Gasteiger partial charge in [0.2, 0.25) is 0 Å². The van der Waals surface area contributed by atoms with Gasteiger partial charge in [-0.15, -0.1) is 0 Å². The van der Waals surface area contributed by atoms with Crippen molar-refractivity contribution in [2.75, 3.05) is 0 Å². The van der Waals surface area contributed by atoms with Gasteiger partial charge in [0.25, 0.3) is 0 Å². The predicted octanol–water partition coefficient (Wildman–Crippen LogP) is 3.62. The summed E-state index contributed by atoms with van der Waals surface area (Å²) in [5, 5.41) is 8.88. The minimum Gasteiger partial charge on any atom is -0.489 e. The average molecular weight is 298 g/mol. The van der Waals surface area contributed by atoms with Gasteiger partial charge >= 0.3 is 6.18 Å². The second kappa shape index (κ2) is 6.35. The summed E-state index contributed by atoms with van der Waals surface area (Å²) >= 11 is 0. The molecule has 0 aromatic heterocycles. The van der Waals surface area contributed by atoms with Gasteiger partial charge in [0.15, 0.2) is 0 Å². The van der Waals surface area contributed by atoms with E-state index in [0.29, 0.717) is 0 Å². The number of hydrogen-bond donors (Lipinski definition) is 1. The van der Waals surface area contributed by atoms with E-state index in [1.165, 1.54) is 6.07 Å². The monoisotopic (exact) mass is 298 g/mol. The van der Waals surface area contributed by atoms with Crippen molar-refractivity contribution in [3.05, 3.63) is 29.3 Å². The molecular formula is C15H17F3N2O. The molecular weight excluding hydrogens is 281 g/mol. The molecule has 1 fully saturated rings. The van der Waals surface area contributed by atoms with Crippen LogP contribution in [0.3, 0.4) is 0 Å². The summed E-state index contributed by atoms with van der Waals surface area (Å²) in [5.41, 5.74) is 4.66. The van der Waals surface area contributed by atoms with Gasteiger partial charge in [-0.3, -0.25) is 0 Å². The van der Waals surface area contributed by atoms with Gasteiger partial charge in [0, 0.05) is 6.04 Å². The molecule has 2 N–H and O–H groups in total. The summed E-state index contributed by atoms with van der Waals surface area (Å²) in [5.74, 6) is 0.266. The lowest BCUT2D eigenvalue weighted by Crippen LogP contribution is -2.37. The van der Waals surface area contributed by atoms with Gasteiger partial charge < -0.3 is 10.5 Å². The predicted molar refractivity (Wildman–Crippen MR) is 71.6 cm³/mol. The molecule has 0 bridgehead atoms. The van der Waals surface area contributed by atoms with Gasteiger partial charge in [0.05, 0.1) is 17.2 Å². The number of halogens is 3. The molecule has 0 saturated heterocycles. The highest BCUT2D eigenvalue weighted by Gasteiger charge is 2.34. The summed E-state index contributed by atoms with van der Waals surface area (Å²) in [7, 11) is 0. The quantitative estimate of drug-likeness (QED) is 0.848. The summed E-state index contributed by atoms with van der Waals surface area (Å²) in [6, 6.07) is 4.72. The number of nitriles is 1. The second-order valence-electron chi connectivity index (χ2n) is 5.28. The Bertz CT molecular complexity index is 537. The minimum atomic E-state index is -4.54. The highest BCUT2D eigenvalue weighted by atomic mass is 19.4. The summed E-state index contributed by atoms with van der Waals surface area (Å²) in [6.45, 7) is 0. The first-order chi connectivity index (χ1) is 9.91. The van der Waals surface area contributed by atoms with Gasteiger partial charge in [-0.2, -0.15) is 18.4 Å². The Labute approximate surface area is 121 Å². The number of nitrogens with zero attached hydrogens (tertiary/aromatic N) is 1. The van der Waals surface area contributed by atoms with E-state index in [-0.39, 0.29) is 17.9 Å². The fraction of sp³-hybridized carbons (Fsp3) is 0.533. The fourth-order valence-corrected chi connectivity index (χ4v) is 2.56. The second-order valence-corrected chi connectivity index (χ2v) is 5.28. The van der Waals surface area contributed by atoms with Gasteiger partial charge in [-0.25, -0.2) is 0 Å². The standard InChI is InChI=1S/C15H17F3N2O/c16-15(17,18)12-7-6-11(8-10(12)9-19)21-14-5-3-1-2-4-13(14)20/h6-8,13-14H,1-5,20H2. The lowest BCUT2D eigenvalue weighted by Gasteiger charge is -2.23. The maximum Gasteiger partial charge on any atom is 0.417 e. The van der Waals surface area contributed by atoms with Crippen molar-refractivity contribution in [2.24, 2.45) is 5.73 Å². The summed E-state index contributed by atoms with van der Waals surface area (Å²) in [6.07, 6.45) is -0.00946. The molecule has 0 spiro atoms. The molecule has 1 aromatic carbocycles. The lowest BCUT2D eigenvalue weighted by atomic mass is 10.1. The van der Waals surface area contributed by atoms with E-state index in [9.17, 15) is 13.2 Å². The third kappa shape index (κ3) is 3.88. The van der Waals surface area contributed by atoms with Crippen LogP contribution in [0.1, 0.15) is 43.2 Å². The van der Waals surface area contributed by atoms with Crippen LogP contribution < -0.4 is 10.5 Å². The number of alkyl halides is 3. The van der Waals surface area contributed by atoms with E-state index in [1.54, 1.807) is 6.07 Å². The molecule has 2 atom stereocenters. The van der Waals surface area contributed by atoms with Crippen LogP contribution in [0.2, 0.25) is 0 Å². The van der Waals surface area contributed by atoms with Crippen molar-refractivity contribution >= 4 is 0 Å². The van der Waals surface area contributed by atoms with E-state index < -0.39 is 17.3 Å². The van der Waals surface area contributed by atoms with E-state index in [4.69, 9.17) is 15.7 Å². The SMILES string of the molecule is N#Cc1cc(OC2CCCCCC2N)ccc1C(F)(F)F. The fourth-order valence-electron chi connectivity index (χ4n) is 2.56. The van der Waals surface area contributed by atoms with Gasteiger partial charge in [-0.05, 0) is 37.5 Å². The lowest BCUT2D eigenvalue weighted by molar-refractivity contribution is -0.137. The number of nitrogens with two attached hydrogens (primary N) is 1. The van der Waals surface area contributed by atoms with Crippen LogP contribution in [0, 0.1) is 11.3 Å². The van der Waals surface area contributed by atoms with Crippen LogP contribution in [-0.4, -0.2) is 12.1 Å². The molecule has 1 aromatic rings. The molecule has 1 aliphatic rings. The Balaban J connectivity index is 2.19. The highest BCUT2D eigenvalue weighted by Crippen LogP contribution is 2.34. The number of ether oxygens (including phenoxy) is 1. The van der Waals surface area contributed by atoms with Crippen LogP contribution in [0.4, 0.5) is 13.2 Å². The molecule has 0 aliphatic heterocycles. The minimum absolute atomic E-state index is 0.125. The average Bonchev–Trinajstić information content (AvgIpc) is 2.63. The first kappa shape index (κ1) is 15.6. The molecule has 6 heteroatoms. The summed E-state index contributed by atoms with van der Waals surface area (Å²) in [4.78, 5) is 0. The van der Waals surface area contributed by atoms with Crippen LogP contribution in [0.25, 0.3) is 0 Å². The molecule has 2 rings (SSSR count). The molecule has 1 saturated carbocycles. The topological polar surface area (TPSA) is 59.0 Å². The van der Waals surface area contributed by atoms with Crippen LogP contribution in [0.5, 0.6) is 5.75 Å². The number of hydrogen-bond acceptors (Lipinski definition) is 3. The van der Waals surface area contributed by atoms with Crippen molar-refractivity contribution in [2.45, 2.75) is 50.4 Å². The Morgan fingerprint density at radius 1 is 1.19 bits per heavy atom. The molecule has 1 aliphatic carbocycles.